The molecule has 0 atom stereocenters. The summed E-state index contributed by atoms with van der Waals surface area (Å²) in [5, 5.41) is 3.40. The number of nitrogens with one attached hydrogen (secondary N) is 1. The van der Waals surface area contributed by atoms with Crippen LogP contribution in [0, 0.1) is 5.82 Å². The van der Waals surface area contributed by atoms with Gasteiger partial charge in [0, 0.05) is 11.6 Å². The van der Waals surface area contributed by atoms with E-state index in [0.717, 1.165) is 0 Å². The van der Waals surface area contributed by atoms with Gasteiger partial charge in [-0.1, -0.05) is 46.9 Å². The van der Waals surface area contributed by atoms with E-state index in [4.69, 9.17) is 34.8 Å². The maximum atomic E-state index is 12.9. The van der Waals surface area contributed by atoms with Crippen molar-refractivity contribution in [2.24, 2.45) is 0 Å². The fourth-order valence-electron chi connectivity index (χ4n) is 1.61. The van der Waals surface area contributed by atoms with Gasteiger partial charge in [-0.15, -0.1) is 0 Å². The molecule has 0 radical (unpaired) electrons. The number of carbonyl (C=O) groups is 1. The first kappa shape index (κ1) is 15.1. The molecular weight excluding hydrogens is 324 g/mol. The average Bonchev–Trinajstić information content (AvgIpc) is 2.40. The molecular formula is C14H9Cl3FNO. The van der Waals surface area contributed by atoms with Gasteiger partial charge in [0.25, 0.3) is 5.91 Å². The molecule has 0 fully saturated rings. The summed E-state index contributed by atoms with van der Waals surface area (Å²) in [5.74, 6) is -0.805. The highest BCUT2D eigenvalue weighted by Crippen LogP contribution is 2.25. The van der Waals surface area contributed by atoms with Gasteiger partial charge in [-0.05, 0) is 29.8 Å². The lowest BCUT2D eigenvalue weighted by molar-refractivity contribution is 0.0951. The highest BCUT2D eigenvalue weighted by molar-refractivity contribution is 6.43. The molecule has 6 heteroatoms. The number of amides is 1. The minimum absolute atomic E-state index is 0.167. The third-order valence-corrected chi connectivity index (χ3v) is 3.82. The Morgan fingerprint density at radius 2 is 1.85 bits per heavy atom. The molecule has 104 valence electrons. The molecule has 0 aromatic heterocycles. The third-order valence-electron chi connectivity index (χ3n) is 2.65. The topological polar surface area (TPSA) is 29.1 Å². The first-order chi connectivity index (χ1) is 9.49. The number of carbonyl (C=O) groups excluding carboxylic acids is 1. The third kappa shape index (κ3) is 3.42. The van der Waals surface area contributed by atoms with E-state index in [1.165, 1.54) is 18.2 Å². The Morgan fingerprint density at radius 3 is 2.55 bits per heavy atom. The molecule has 0 saturated heterocycles. The number of hydrogen-bond acceptors (Lipinski definition) is 1. The number of halogens is 4. The molecule has 0 aliphatic carbocycles. The normalized spacial score (nSPS) is 10.4. The Morgan fingerprint density at radius 1 is 1.10 bits per heavy atom. The Bertz CT molecular complexity index is 661. The minimum atomic E-state index is -0.428. The van der Waals surface area contributed by atoms with Crippen molar-refractivity contribution in [3.8, 4) is 0 Å². The molecule has 0 bridgehead atoms. The summed E-state index contributed by atoms with van der Waals surface area (Å²) in [7, 11) is 0. The van der Waals surface area contributed by atoms with Crippen LogP contribution in [0.25, 0.3) is 0 Å². The molecule has 1 amide bonds. The van der Waals surface area contributed by atoms with Gasteiger partial charge in [-0.2, -0.15) is 0 Å². The molecule has 0 heterocycles. The van der Waals surface area contributed by atoms with Crippen LogP contribution < -0.4 is 5.32 Å². The smallest absolute Gasteiger partial charge is 0.253 e. The lowest BCUT2D eigenvalue weighted by Crippen LogP contribution is -2.23. The van der Waals surface area contributed by atoms with E-state index in [-0.39, 0.29) is 28.1 Å². The predicted octanol–water partition coefficient (Wildman–Crippen LogP) is 4.72. The van der Waals surface area contributed by atoms with Gasteiger partial charge in [-0.25, -0.2) is 4.39 Å². The fourth-order valence-corrected chi connectivity index (χ4v) is 2.24. The van der Waals surface area contributed by atoms with Gasteiger partial charge in [0.15, 0.2) is 0 Å². The van der Waals surface area contributed by atoms with E-state index in [1.54, 1.807) is 18.2 Å². The van der Waals surface area contributed by atoms with Crippen LogP contribution in [0.5, 0.6) is 0 Å². The highest BCUT2D eigenvalue weighted by atomic mass is 35.5. The van der Waals surface area contributed by atoms with E-state index in [1.807, 2.05) is 0 Å². The maximum absolute atomic E-state index is 12.9. The second-order valence-corrected chi connectivity index (χ2v) is 5.21. The van der Waals surface area contributed by atoms with E-state index >= 15 is 0 Å². The summed E-state index contributed by atoms with van der Waals surface area (Å²) < 4.78 is 12.9. The highest BCUT2D eigenvalue weighted by Gasteiger charge is 2.12. The van der Waals surface area contributed by atoms with Crippen molar-refractivity contribution in [1.82, 2.24) is 5.32 Å². The monoisotopic (exact) mass is 331 g/mol. The van der Waals surface area contributed by atoms with Gasteiger partial charge in [0.1, 0.15) is 5.82 Å². The largest absolute Gasteiger partial charge is 0.348 e. The Labute approximate surface area is 130 Å². The zero-order valence-corrected chi connectivity index (χ0v) is 12.4. The standard InChI is InChI=1S/C14H9Cl3FNO/c15-11-3-1-2-10(13(11)17)14(20)19-7-8-4-5-9(18)6-12(8)16/h1-6H,7H2,(H,19,20). The van der Waals surface area contributed by atoms with Crippen LogP contribution in [0.3, 0.4) is 0 Å². The van der Waals surface area contributed by atoms with Crippen LogP contribution in [-0.2, 0) is 6.54 Å². The Hall–Kier alpha value is -1.29. The van der Waals surface area contributed by atoms with Gasteiger partial charge < -0.3 is 5.32 Å². The van der Waals surface area contributed by atoms with Crippen molar-refractivity contribution in [1.29, 1.82) is 0 Å². The molecule has 20 heavy (non-hydrogen) atoms. The first-order valence-electron chi connectivity index (χ1n) is 5.65. The van der Waals surface area contributed by atoms with Crippen LogP contribution in [0.15, 0.2) is 36.4 Å². The number of benzene rings is 2. The van der Waals surface area contributed by atoms with Crippen LogP contribution in [-0.4, -0.2) is 5.91 Å². The molecule has 2 nitrogen and oxygen atoms in total. The molecule has 0 unspecified atom stereocenters. The van der Waals surface area contributed by atoms with Crippen molar-refractivity contribution < 1.29 is 9.18 Å². The Kier molecular flexibility index (Phi) is 4.86. The van der Waals surface area contributed by atoms with E-state index in [0.29, 0.717) is 10.6 Å². The van der Waals surface area contributed by atoms with Crippen molar-refractivity contribution in [2.75, 3.05) is 0 Å². The van der Waals surface area contributed by atoms with E-state index in [9.17, 15) is 9.18 Å². The SMILES string of the molecule is O=C(NCc1ccc(F)cc1Cl)c1cccc(Cl)c1Cl. The van der Waals surface area contributed by atoms with Crippen molar-refractivity contribution in [3.05, 3.63) is 68.4 Å². The molecule has 0 aliphatic heterocycles. The number of hydrogen-bond donors (Lipinski definition) is 1. The summed E-state index contributed by atoms with van der Waals surface area (Å²) in [6, 6.07) is 8.77. The van der Waals surface area contributed by atoms with Crippen LogP contribution in [0.2, 0.25) is 15.1 Å². The van der Waals surface area contributed by atoms with Crippen LogP contribution in [0.4, 0.5) is 4.39 Å². The lowest BCUT2D eigenvalue weighted by Gasteiger charge is -2.09. The molecule has 2 rings (SSSR count). The molecule has 0 aliphatic rings. The molecule has 2 aromatic rings. The molecule has 0 spiro atoms. The Balaban J connectivity index is 2.11. The van der Waals surface area contributed by atoms with Gasteiger partial charge in [0.05, 0.1) is 15.6 Å². The second-order valence-electron chi connectivity index (χ2n) is 4.02. The van der Waals surface area contributed by atoms with Gasteiger partial charge in [-0.3, -0.25) is 4.79 Å². The summed E-state index contributed by atoms with van der Waals surface area (Å²) in [6.45, 7) is 0.167. The van der Waals surface area contributed by atoms with E-state index in [2.05, 4.69) is 5.32 Å². The van der Waals surface area contributed by atoms with Crippen molar-refractivity contribution in [3.63, 3.8) is 0 Å². The predicted molar refractivity (Wildman–Crippen MR) is 79.0 cm³/mol. The quantitative estimate of drug-likeness (QED) is 0.866. The zero-order valence-electron chi connectivity index (χ0n) is 10.1. The number of rotatable bonds is 3. The van der Waals surface area contributed by atoms with Crippen molar-refractivity contribution in [2.45, 2.75) is 6.54 Å². The summed E-state index contributed by atoms with van der Waals surface area (Å²) >= 11 is 17.7. The minimum Gasteiger partial charge on any atom is -0.348 e. The summed E-state index contributed by atoms with van der Waals surface area (Å²) in [4.78, 5) is 12.0. The average molecular weight is 333 g/mol. The van der Waals surface area contributed by atoms with Gasteiger partial charge in [0.2, 0.25) is 0 Å². The van der Waals surface area contributed by atoms with E-state index < -0.39 is 5.82 Å². The van der Waals surface area contributed by atoms with Crippen LogP contribution in [0.1, 0.15) is 15.9 Å². The van der Waals surface area contributed by atoms with Gasteiger partial charge >= 0.3 is 0 Å². The summed E-state index contributed by atoms with van der Waals surface area (Å²) in [5.41, 5.74) is 0.886. The van der Waals surface area contributed by atoms with Crippen molar-refractivity contribution >= 4 is 40.7 Å². The lowest BCUT2D eigenvalue weighted by atomic mass is 10.2. The molecule has 2 aromatic carbocycles. The molecule has 0 saturated carbocycles. The fraction of sp³-hybridized carbons (Fsp3) is 0.0714. The first-order valence-corrected chi connectivity index (χ1v) is 6.78. The zero-order chi connectivity index (χ0) is 14.7. The maximum Gasteiger partial charge on any atom is 0.253 e. The molecule has 1 N–H and O–H groups in total. The second kappa shape index (κ2) is 6.44. The summed E-state index contributed by atoms with van der Waals surface area (Å²) in [6.07, 6.45) is 0. The van der Waals surface area contributed by atoms with Crippen LogP contribution >= 0.6 is 34.8 Å².